The van der Waals surface area contributed by atoms with Crippen molar-refractivity contribution in [2.45, 2.75) is 20.1 Å². The highest BCUT2D eigenvalue weighted by atomic mass is 79.9. The lowest BCUT2D eigenvalue weighted by Gasteiger charge is -2.12. The van der Waals surface area contributed by atoms with Gasteiger partial charge in [0.25, 0.3) is 11.1 Å². The van der Waals surface area contributed by atoms with Gasteiger partial charge < -0.3 is 4.74 Å². The standard InChI is InChI=1S/C25H19BrFNO3S/c1-16-3-2-4-19(11-16)14-28-24(29)23(32-25(28)30)13-18-7-10-22(21(26)12-18)31-15-17-5-8-20(27)9-6-17/h2-13H,14-15H2,1H3/b23-13-. The number of thioether (sulfide) groups is 1. The maximum absolute atomic E-state index is 13.0. The highest BCUT2D eigenvalue weighted by Gasteiger charge is 2.35. The number of amides is 2. The fourth-order valence-corrected chi connectivity index (χ4v) is 4.60. The molecule has 0 radical (unpaired) electrons. The molecule has 0 saturated carbocycles. The summed E-state index contributed by atoms with van der Waals surface area (Å²) < 4.78 is 19.5. The normalized spacial score (nSPS) is 15.0. The van der Waals surface area contributed by atoms with Crippen LogP contribution in [0, 0.1) is 12.7 Å². The lowest BCUT2D eigenvalue weighted by atomic mass is 10.1. The average molecular weight is 512 g/mol. The first kappa shape index (κ1) is 22.3. The van der Waals surface area contributed by atoms with Crippen LogP contribution in [-0.2, 0) is 17.9 Å². The van der Waals surface area contributed by atoms with Crippen molar-refractivity contribution in [1.82, 2.24) is 4.90 Å². The molecule has 162 valence electrons. The molecule has 7 heteroatoms. The van der Waals surface area contributed by atoms with E-state index < -0.39 is 0 Å². The number of hydrogen-bond acceptors (Lipinski definition) is 4. The van der Waals surface area contributed by atoms with Gasteiger partial charge in [0, 0.05) is 0 Å². The van der Waals surface area contributed by atoms with Crippen LogP contribution in [0.15, 0.2) is 76.1 Å². The van der Waals surface area contributed by atoms with Crippen LogP contribution in [0.4, 0.5) is 9.18 Å². The SMILES string of the molecule is Cc1cccc(CN2C(=O)S/C(=C\c3ccc(OCc4ccc(F)cc4)c(Br)c3)C2=O)c1. The fraction of sp³-hybridized carbons (Fsp3) is 0.120. The monoisotopic (exact) mass is 511 g/mol. The van der Waals surface area contributed by atoms with Crippen LogP contribution in [0.5, 0.6) is 5.75 Å². The summed E-state index contributed by atoms with van der Waals surface area (Å²) in [6.45, 7) is 2.53. The number of carbonyl (C=O) groups is 2. The lowest BCUT2D eigenvalue weighted by Crippen LogP contribution is -2.27. The lowest BCUT2D eigenvalue weighted by molar-refractivity contribution is -0.123. The molecular weight excluding hydrogens is 493 g/mol. The third-order valence-corrected chi connectivity index (χ3v) is 6.39. The van der Waals surface area contributed by atoms with Gasteiger partial charge in [-0.3, -0.25) is 14.5 Å². The molecular formula is C25H19BrFNO3S. The molecule has 0 N–H and O–H groups in total. The van der Waals surface area contributed by atoms with E-state index >= 15 is 0 Å². The third kappa shape index (κ3) is 5.29. The number of nitrogens with zero attached hydrogens (tertiary/aromatic N) is 1. The van der Waals surface area contributed by atoms with E-state index in [0.717, 1.165) is 34.0 Å². The summed E-state index contributed by atoms with van der Waals surface area (Å²) in [5, 5.41) is -0.277. The van der Waals surface area contributed by atoms with E-state index in [-0.39, 0.29) is 23.5 Å². The minimum Gasteiger partial charge on any atom is -0.488 e. The van der Waals surface area contributed by atoms with Gasteiger partial charge in [0.1, 0.15) is 18.2 Å². The number of rotatable bonds is 6. The predicted octanol–water partition coefficient (Wildman–Crippen LogP) is 6.71. The molecule has 3 aromatic rings. The smallest absolute Gasteiger partial charge is 0.293 e. The van der Waals surface area contributed by atoms with E-state index in [2.05, 4.69) is 15.9 Å². The number of halogens is 2. The molecule has 0 atom stereocenters. The minimum atomic E-state index is -0.297. The molecule has 1 fully saturated rings. The van der Waals surface area contributed by atoms with E-state index in [9.17, 15) is 14.0 Å². The Morgan fingerprint density at radius 1 is 1.03 bits per heavy atom. The van der Waals surface area contributed by atoms with Crippen LogP contribution in [0.2, 0.25) is 0 Å². The van der Waals surface area contributed by atoms with Crippen molar-refractivity contribution in [1.29, 1.82) is 0 Å². The highest BCUT2D eigenvalue weighted by molar-refractivity contribution is 9.10. The number of imide groups is 1. The van der Waals surface area contributed by atoms with Gasteiger partial charge in [-0.1, -0.05) is 48.0 Å². The third-order valence-electron chi connectivity index (χ3n) is 4.86. The largest absolute Gasteiger partial charge is 0.488 e. The molecule has 4 rings (SSSR count). The Morgan fingerprint density at radius 2 is 1.81 bits per heavy atom. The van der Waals surface area contributed by atoms with Crippen LogP contribution in [0.25, 0.3) is 6.08 Å². The zero-order chi connectivity index (χ0) is 22.7. The van der Waals surface area contributed by atoms with Crippen LogP contribution < -0.4 is 4.74 Å². The van der Waals surface area contributed by atoms with Gasteiger partial charge in [-0.05, 0) is 81.6 Å². The first-order valence-corrected chi connectivity index (χ1v) is 11.5. The highest BCUT2D eigenvalue weighted by Crippen LogP contribution is 2.35. The van der Waals surface area contributed by atoms with Gasteiger partial charge in [-0.2, -0.15) is 0 Å². The zero-order valence-electron chi connectivity index (χ0n) is 17.2. The van der Waals surface area contributed by atoms with E-state index in [1.165, 1.54) is 17.0 Å². The minimum absolute atomic E-state index is 0.254. The summed E-state index contributed by atoms with van der Waals surface area (Å²) in [4.78, 5) is 26.9. The molecule has 2 amide bonds. The molecule has 32 heavy (non-hydrogen) atoms. The van der Waals surface area contributed by atoms with Crippen molar-refractivity contribution in [3.8, 4) is 5.75 Å². The second kappa shape index (κ2) is 9.71. The Kier molecular flexibility index (Phi) is 6.77. The van der Waals surface area contributed by atoms with Crippen LogP contribution in [0.3, 0.4) is 0 Å². The van der Waals surface area contributed by atoms with Crippen molar-refractivity contribution in [3.05, 3.63) is 104 Å². The molecule has 1 saturated heterocycles. The first-order chi connectivity index (χ1) is 15.4. The van der Waals surface area contributed by atoms with E-state index in [1.807, 2.05) is 43.3 Å². The summed E-state index contributed by atoms with van der Waals surface area (Å²) in [7, 11) is 0. The molecule has 3 aromatic carbocycles. The summed E-state index contributed by atoms with van der Waals surface area (Å²) in [6, 6.07) is 19.3. The molecule has 0 unspecified atom stereocenters. The number of benzene rings is 3. The van der Waals surface area contributed by atoms with E-state index in [1.54, 1.807) is 24.3 Å². The van der Waals surface area contributed by atoms with Crippen LogP contribution >= 0.6 is 27.7 Å². The predicted molar refractivity (Wildman–Crippen MR) is 128 cm³/mol. The molecule has 1 aliphatic heterocycles. The Labute approximate surface area is 198 Å². The number of aryl methyl sites for hydroxylation is 1. The summed E-state index contributed by atoms with van der Waals surface area (Å²) in [6.07, 6.45) is 1.70. The maximum atomic E-state index is 13.0. The summed E-state index contributed by atoms with van der Waals surface area (Å²) in [5.74, 6) is 0.0378. The van der Waals surface area contributed by atoms with Gasteiger partial charge in [0.2, 0.25) is 0 Å². The average Bonchev–Trinajstić information content (AvgIpc) is 3.02. The van der Waals surface area contributed by atoms with Crippen molar-refractivity contribution in [2.75, 3.05) is 0 Å². The van der Waals surface area contributed by atoms with Crippen molar-refractivity contribution in [2.24, 2.45) is 0 Å². The molecule has 0 spiro atoms. The molecule has 0 aliphatic carbocycles. The number of hydrogen-bond donors (Lipinski definition) is 0. The fourth-order valence-electron chi connectivity index (χ4n) is 3.25. The van der Waals surface area contributed by atoms with Gasteiger partial charge in [-0.25, -0.2) is 4.39 Å². The topological polar surface area (TPSA) is 46.6 Å². The Hall–Kier alpha value is -2.90. The number of carbonyl (C=O) groups excluding carboxylic acids is 2. The second-order valence-electron chi connectivity index (χ2n) is 7.36. The first-order valence-electron chi connectivity index (χ1n) is 9.87. The van der Waals surface area contributed by atoms with Crippen molar-refractivity contribution < 1.29 is 18.7 Å². The van der Waals surface area contributed by atoms with Crippen LogP contribution in [0.1, 0.15) is 22.3 Å². The Balaban J connectivity index is 1.45. The molecule has 4 nitrogen and oxygen atoms in total. The van der Waals surface area contributed by atoms with Gasteiger partial charge in [0.15, 0.2) is 0 Å². The molecule has 0 aromatic heterocycles. The van der Waals surface area contributed by atoms with Gasteiger partial charge in [0.05, 0.1) is 15.9 Å². The Morgan fingerprint density at radius 3 is 2.53 bits per heavy atom. The number of ether oxygens (including phenoxy) is 1. The second-order valence-corrected chi connectivity index (χ2v) is 9.21. The van der Waals surface area contributed by atoms with E-state index in [4.69, 9.17) is 4.74 Å². The van der Waals surface area contributed by atoms with Crippen molar-refractivity contribution in [3.63, 3.8) is 0 Å². The van der Waals surface area contributed by atoms with Gasteiger partial charge in [-0.15, -0.1) is 0 Å². The molecule has 0 bridgehead atoms. The summed E-state index contributed by atoms with van der Waals surface area (Å²) >= 11 is 4.43. The molecule has 1 heterocycles. The van der Waals surface area contributed by atoms with Gasteiger partial charge >= 0.3 is 0 Å². The maximum Gasteiger partial charge on any atom is 0.293 e. The molecule has 1 aliphatic rings. The quantitative estimate of drug-likeness (QED) is 0.345. The van der Waals surface area contributed by atoms with Crippen LogP contribution in [-0.4, -0.2) is 16.0 Å². The summed E-state index contributed by atoms with van der Waals surface area (Å²) in [5.41, 5.74) is 3.62. The zero-order valence-corrected chi connectivity index (χ0v) is 19.6. The van der Waals surface area contributed by atoms with E-state index in [0.29, 0.717) is 21.7 Å². The van der Waals surface area contributed by atoms with Crippen molar-refractivity contribution >= 4 is 44.9 Å². The Bertz CT molecular complexity index is 1210.